The Bertz CT molecular complexity index is 490. The van der Waals surface area contributed by atoms with Crippen LogP contribution in [0.2, 0.25) is 0 Å². The first kappa shape index (κ1) is 13.9. The van der Waals surface area contributed by atoms with Crippen LogP contribution in [0, 0.1) is 0 Å². The molecule has 0 bridgehead atoms. The van der Waals surface area contributed by atoms with E-state index in [-0.39, 0.29) is 11.7 Å². The van der Waals surface area contributed by atoms with Gasteiger partial charge in [0.25, 0.3) is 5.91 Å². The van der Waals surface area contributed by atoms with Gasteiger partial charge in [-0.1, -0.05) is 6.07 Å². The van der Waals surface area contributed by atoms with Crippen LogP contribution in [0.15, 0.2) is 23.1 Å². The molecular formula is C13H15NO4S. The third kappa shape index (κ3) is 4.25. The largest absolute Gasteiger partial charge is 0.479 e. The average Bonchev–Trinajstić information content (AvgIpc) is 2.83. The molecule has 102 valence electrons. The molecule has 1 aromatic carbocycles. The first-order chi connectivity index (χ1) is 9.15. The van der Waals surface area contributed by atoms with Crippen LogP contribution in [0.25, 0.3) is 0 Å². The van der Waals surface area contributed by atoms with Gasteiger partial charge in [-0.2, -0.15) is 0 Å². The lowest BCUT2D eigenvalue weighted by Crippen LogP contribution is -2.27. The standard InChI is InChI=1S/C13H15NO4S/c15-12(14-18-7-13(16)17)8-19-11-5-4-9-2-1-3-10(9)6-11/h4-6H,1-3,7-8H2,(H,14,15)(H,16,17). The summed E-state index contributed by atoms with van der Waals surface area (Å²) in [4.78, 5) is 27.1. The molecule has 0 aromatic heterocycles. The molecule has 1 aliphatic carbocycles. The molecule has 1 aliphatic rings. The van der Waals surface area contributed by atoms with E-state index in [1.807, 2.05) is 6.07 Å². The molecule has 0 radical (unpaired) electrons. The van der Waals surface area contributed by atoms with Crippen LogP contribution in [0.5, 0.6) is 0 Å². The fraction of sp³-hybridized carbons (Fsp3) is 0.385. The van der Waals surface area contributed by atoms with Gasteiger partial charge < -0.3 is 5.11 Å². The van der Waals surface area contributed by atoms with Gasteiger partial charge in [0.2, 0.25) is 0 Å². The Labute approximate surface area is 115 Å². The lowest BCUT2D eigenvalue weighted by molar-refractivity contribution is -0.148. The predicted octanol–water partition coefficient (Wildman–Crippen LogP) is 1.40. The van der Waals surface area contributed by atoms with E-state index in [0.29, 0.717) is 0 Å². The molecule has 2 N–H and O–H groups in total. The smallest absolute Gasteiger partial charge is 0.332 e. The third-order valence-electron chi connectivity index (χ3n) is 2.82. The molecule has 0 heterocycles. The number of hydroxylamine groups is 1. The van der Waals surface area contributed by atoms with Crippen LogP contribution in [0.1, 0.15) is 17.5 Å². The van der Waals surface area contributed by atoms with Gasteiger partial charge in [0.1, 0.15) is 0 Å². The van der Waals surface area contributed by atoms with Crippen LogP contribution >= 0.6 is 11.8 Å². The second-order valence-corrected chi connectivity index (χ2v) is 5.33. The summed E-state index contributed by atoms with van der Waals surface area (Å²) in [5.41, 5.74) is 4.87. The van der Waals surface area contributed by atoms with E-state index in [1.54, 1.807) is 0 Å². The SMILES string of the molecule is O=C(O)CONC(=O)CSc1ccc2c(c1)CCC2. The van der Waals surface area contributed by atoms with Crippen molar-refractivity contribution >= 4 is 23.6 Å². The highest BCUT2D eigenvalue weighted by molar-refractivity contribution is 8.00. The van der Waals surface area contributed by atoms with Crippen molar-refractivity contribution in [2.75, 3.05) is 12.4 Å². The third-order valence-corrected chi connectivity index (χ3v) is 3.82. The molecule has 0 unspecified atom stereocenters. The average molecular weight is 281 g/mol. The Hall–Kier alpha value is -1.53. The zero-order valence-corrected chi connectivity index (χ0v) is 11.2. The molecule has 19 heavy (non-hydrogen) atoms. The zero-order valence-electron chi connectivity index (χ0n) is 10.3. The first-order valence-corrected chi connectivity index (χ1v) is 7.01. The monoisotopic (exact) mass is 281 g/mol. The number of amides is 1. The number of carboxylic acids is 1. The van der Waals surface area contributed by atoms with Crippen LogP contribution < -0.4 is 5.48 Å². The van der Waals surface area contributed by atoms with Crippen molar-refractivity contribution in [1.29, 1.82) is 0 Å². The van der Waals surface area contributed by atoms with E-state index in [4.69, 9.17) is 5.11 Å². The number of aryl methyl sites for hydroxylation is 2. The first-order valence-electron chi connectivity index (χ1n) is 6.02. The highest BCUT2D eigenvalue weighted by Crippen LogP contribution is 2.27. The van der Waals surface area contributed by atoms with E-state index in [2.05, 4.69) is 22.5 Å². The van der Waals surface area contributed by atoms with Gasteiger partial charge in [-0.05, 0) is 42.5 Å². The molecule has 1 amide bonds. The van der Waals surface area contributed by atoms with Crippen LogP contribution in [-0.2, 0) is 27.3 Å². The molecule has 0 aliphatic heterocycles. The summed E-state index contributed by atoms with van der Waals surface area (Å²) in [6.45, 7) is -0.532. The Kier molecular flexibility index (Phi) is 4.81. The fourth-order valence-corrected chi connectivity index (χ4v) is 2.74. The summed E-state index contributed by atoms with van der Waals surface area (Å²) < 4.78 is 0. The number of nitrogens with one attached hydrogen (secondary N) is 1. The zero-order chi connectivity index (χ0) is 13.7. The molecule has 0 atom stereocenters. The second kappa shape index (κ2) is 6.58. The van der Waals surface area contributed by atoms with Gasteiger partial charge in [0.15, 0.2) is 6.61 Å². The number of carbonyl (C=O) groups is 2. The Morgan fingerprint density at radius 3 is 2.89 bits per heavy atom. The lowest BCUT2D eigenvalue weighted by Gasteiger charge is -2.05. The molecule has 6 heteroatoms. The Morgan fingerprint density at radius 1 is 1.32 bits per heavy atom. The summed E-state index contributed by atoms with van der Waals surface area (Å²) in [5, 5.41) is 8.34. The van der Waals surface area contributed by atoms with E-state index >= 15 is 0 Å². The minimum Gasteiger partial charge on any atom is -0.479 e. The Balaban J connectivity index is 1.76. The van der Waals surface area contributed by atoms with Crippen molar-refractivity contribution in [1.82, 2.24) is 5.48 Å². The number of thioether (sulfide) groups is 1. The van der Waals surface area contributed by atoms with Crippen molar-refractivity contribution < 1.29 is 19.5 Å². The summed E-state index contributed by atoms with van der Waals surface area (Å²) >= 11 is 1.41. The van der Waals surface area contributed by atoms with Crippen LogP contribution in [-0.4, -0.2) is 29.3 Å². The lowest BCUT2D eigenvalue weighted by atomic mass is 10.1. The molecule has 5 nitrogen and oxygen atoms in total. The maximum absolute atomic E-state index is 11.4. The van der Waals surface area contributed by atoms with Gasteiger partial charge >= 0.3 is 5.97 Å². The van der Waals surface area contributed by atoms with Crippen molar-refractivity contribution in [3.8, 4) is 0 Å². The van der Waals surface area contributed by atoms with Gasteiger partial charge in [-0.15, -0.1) is 11.8 Å². The summed E-state index contributed by atoms with van der Waals surface area (Å²) in [5.74, 6) is -1.25. The number of fused-ring (bicyclic) bond motifs is 1. The quantitative estimate of drug-likeness (QED) is 0.609. The number of hydrogen-bond donors (Lipinski definition) is 2. The second-order valence-electron chi connectivity index (χ2n) is 4.28. The maximum Gasteiger partial charge on any atom is 0.332 e. The summed E-state index contributed by atoms with van der Waals surface area (Å²) in [7, 11) is 0. The van der Waals surface area contributed by atoms with E-state index in [1.165, 1.54) is 29.3 Å². The molecule has 0 fully saturated rings. The molecular weight excluding hydrogens is 266 g/mol. The van der Waals surface area contributed by atoms with Gasteiger partial charge in [0, 0.05) is 4.90 Å². The van der Waals surface area contributed by atoms with E-state index < -0.39 is 12.6 Å². The summed E-state index contributed by atoms with van der Waals surface area (Å²) in [6.07, 6.45) is 3.45. The topological polar surface area (TPSA) is 75.6 Å². The van der Waals surface area contributed by atoms with Gasteiger partial charge in [-0.3, -0.25) is 9.63 Å². The minimum atomic E-state index is -1.12. The predicted molar refractivity (Wildman–Crippen MR) is 70.9 cm³/mol. The number of hydrogen-bond acceptors (Lipinski definition) is 4. The maximum atomic E-state index is 11.4. The normalized spacial score (nSPS) is 13.1. The van der Waals surface area contributed by atoms with Crippen molar-refractivity contribution in [2.45, 2.75) is 24.2 Å². The number of benzene rings is 1. The number of carbonyl (C=O) groups excluding carboxylic acids is 1. The number of aliphatic carboxylic acids is 1. The van der Waals surface area contributed by atoms with Crippen molar-refractivity contribution in [3.05, 3.63) is 29.3 Å². The fourth-order valence-electron chi connectivity index (χ4n) is 1.99. The molecule has 2 rings (SSSR count). The van der Waals surface area contributed by atoms with Gasteiger partial charge in [-0.25, -0.2) is 10.3 Å². The number of rotatable bonds is 6. The van der Waals surface area contributed by atoms with Crippen molar-refractivity contribution in [3.63, 3.8) is 0 Å². The Morgan fingerprint density at radius 2 is 2.11 bits per heavy atom. The molecule has 0 saturated carbocycles. The van der Waals surface area contributed by atoms with E-state index in [0.717, 1.165) is 17.7 Å². The summed E-state index contributed by atoms with van der Waals surface area (Å²) in [6, 6.07) is 6.25. The van der Waals surface area contributed by atoms with Gasteiger partial charge in [0.05, 0.1) is 5.75 Å². The van der Waals surface area contributed by atoms with E-state index in [9.17, 15) is 9.59 Å². The minimum absolute atomic E-state index is 0.207. The van der Waals surface area contributed by atoms with Crippen LogP contribution in [0.4, 0.5) is 0 Å². The van der Waals surface area contributed by atoms with Crippen LogP contribution in [0.3, 0.4) is 0 Å². The molecule has 1 aromatic rings. The number of carboxylic acid groups (broad SMARTS) is 1. The van der Waals surface area contributed by atoms with Crippen molar-refractivity contribution in [2.24, 2.45) is 0 Å². The molecule has 0 spiro atoms. The highest BCUT2D eigenvalue weighted by atomic mass is 32.2. The molecule has 0 saturated heterocycles. The highest BCUT2D eigenvalue weighted by Gasteiger charge is 2.11.